The zero-order chi connectivity index (χ0) is 10.8. The Morgan fingerprint density at radius 3 is 2.64 bits per heavy atom. The van der Waals surface area contributed by atoms with Gasteiger partial charge in [0.15, 0.2) is 0 Å². The van der Waals surface area contributed by atoms with E-state index in [0.29, 0.717) is 18.9 Å². The molecule has 0 heterocycles. The van der Waals surface area contributed by atoms with Crippen LogP contribution in [0.3, 0.4) is 0 Å². The van der Waals surface area contributed by atoms with Gasteiger partial charge in [-0.3, -0.25) is 0 Å². The summed E-state index contributed by atoms with van der Waals surface area (Å²) in [5.74, 6) is 2.81. The molecule has 0 spiro atoms. The first-order valence-corrected chi connectivity index (χ1v) is 3.70. The van der Waals surface area contributed by atoms with Gasteiger partial charge in [-0.2, -0.15) is 0 Å². The first kappa shape index (κ1) is 11.8. The Hall–Kier alpha value is -2.20. The Balaban J connectivity index is 3.78. The van der Waals surface area contributed by atoms with Gasteiger partial charge in [-0.25, -0.2) is 9.59 Å². The third-order valence-electron chi connectivity index (χ3n) is 0.980. The van der Waals surface area contributed by atoms with Crippen LogP contribution < -0.4 is 0 Å². The number of carbonyl (C=O) groups is 2. The molecular formula is C10H8O4. The lowest BCUT2D eigenvalue weighted by Gasteiger charge is -1.85. The maximum atomic E-state index is 10.7. The number of hydrogen-bond acceptors (Lipinski definition) is 3. The molecule has 0 aromatic heterocycles. The van der Waals surface area contributed by atoms with E-state index in [4.69, 9.17) is 11.5 Å². The highest BCUT2D eigenvalue weighted by Gasteiger charge is 1.94. The van der Waals surface area contributed by atoms with Crippen molar-refractivity contribution in [2.24, 2.45) is 0 Å². The summed E-state index contributed by atoms with van der Waals surface area (Å²) in [7, 11) is 0. The molecule has 0 aromatic rings. The molecule has 4 nitrogen and oxygen atoms in total. The number of terminal acetylenes is 1. The number of aliphatic carboxylic acids is 1. The van der Waals surface area contributed by atoms with Gasteiger partial charge in [0.2, 0.25) is 0 Å². The van der Waals surface area contributed by atoms with E-state index in [0.717, 1.165) is 6.08 Å². The molecule has 0 aliphatic heterocycles. The molecule has 0 aromatic carbocycles. The van der Waals surface area contributed by atoms with Crippen molar-refractivity contribution in [2.45, 2.75) is 12.8 Å². The predicted molar refractivity (Wildman–Crippen MR) is 48.7 cm³/mol. The molecule has 0 aliphatic carbocycles. The normalized spacial score (nSPS) is 8.50. The fourth-order valence-corrected chi connectivity index (χ4v) is 0.445. The van der Waals surface area contributed by atoms with Crippen molar-refractivity contribution in [3.05, 3.63) is 12.2 Å². The van der Waals surface area contributed by atoms with Crippen molar-refractivity contribution in [2.75, 3.05) is 0 Å². The Labute approximate surface area is 81.6 Å². The molecule has 0 atom stereocenters. The minimum Gasteiger partial charge on any atom is -0.478 e. The molecule has 72 valence electrons. The van der Waals surface area contributed by atoms with Crippen molar-refractivity contribution in [3.8, 4) is 24.4 Å². The van der Waals surface area contributed by atoms with Crippen LogP contribution in [0.5, 0.6) is 0 Å². The third-order valence-corrected chi connectivity index (χ3v) is 0.980. The average molecular weight is 192 g/mol. The zero-order valence-corrected chi connectivity index (χ0v) is 7.32. The largest absolute Gasteiger partial charge is 0.478 e. The number of rotatable bonds is 3. The van der Waals surface area contributed by atoms with Crippen LogP contribution in [0.4, 0.5) is 0 Å². The third kappa shape index (κ3) is 7.90. The van der Waals surface area contributed by atoms with Crippen LogP contribution in [0.25, 0.3) is 0 Å². The van der Waals surface area contributed by atoms with Gasteiger partial charge in [-0.05, 0) is 0 Å². The minimum absolute atomic E-state index is 0.437. The van der Waals surface area contributed by atoms with Crippen molar-refractivity contribution < 1.29 is 19.4 Å². The molecule has 0 fully saturated rings. The molecule has 1 N–H and O–H groups in total. The topological polar surface area (TPSA) is 63.6 Å². The second kappa shape index (κ2) is 7.45. The van der Waals surface area contributed by atoms with Gasteiger partial charge >= 0.3 is 11.9 Å². The number of carbonyl (C=O) groups excluding carboxylic acids is 1. The van der Waals surface area contributed by atoms with E-state index in [-0.39, 0.29) is 0 Å². The van der Waals surface area contributed by atoms with Crippen molar-refractivity contribution in [1.29, 1.82) is 0 Å². The molecule has 0 saturated heterocycles. The molecule has 0 amide bonds. The average Bonchev–Trinajstić information content (AvgIpc) is 2.14. The number of hydrogen-bond donors (Lipinski definition) is 1. The fourth-order valence-electron chi connectivity index (χ4n) is 0.445. The van der Waals surface area contributed by atoms with Crippen molar-refractivity contribution in [3.63, 3.8) is 0 Å². The number of carboxylic acid groups (broad SMARTS) is 1. The van der Waals surface area contributed by atoms with E-state index in [2.05, 4.69) is 22.7 Å². The summed E-state index contributed by atoms with van der Waals surface area (Å²) in [4.78, 5) is 20.6. The molecule has 4 heteroatoms. The Morgan fingerprint density at radius 1 is 1.36 bits per heavy atom. The summed E-state index contributed by atoms with van der Waals surface area (Å²) < 4.78 is 4.32. The summed E-state index contributed by atoms with van der Waals surface area (Å²) in [6.45, 7) is 0. The van der Waals surface area contributed by atoms with Crippen LogP contribution in [0.1, 0.15) is 12.8 Å². The van der Waals surface area contributed by atoms with E-state index >= 15 is 0 Å². The quantitative estimate of drug-likeness (QED) is 0.307. The van der Waals surface area contributed by atoms with Gasteiger partial charge in [0, 0.05) is 25.0 Å². The second-order valence-electron chi connectivity index (χ2n) is 2.08. The van der Waals surface area contributed by atoms with Gasteiger partial charge < -0.3 is 9.84 Å². The van der Waals surface area contributed by atoms with Gasteiger partial charge in [0.1, 0.15) is 6.11 Å². The SMILES string of the molecule is C#CCCC#COC(=O)/C=C\C(=O)O. The fraction of sp³-hybridized carbons (Fsp3) is 0.200. The highest BCUT2D eigenvalue weighted by Crippen LogP contribution is 1.83. The second-order valence-corrected chi connectivity index (χ2v) is 2.08. The standard InChI is InChI=1S/C10H8O4/c1-2-3-4-5-8-14-10(13)7-6-9(11)12/h1,6-7H,3-4H2,(H,11,12)/b7-6-. The number of esters is 1. The Kier molecular flexibility index (Phi) is 6.28. The van der Waals surface area contributed by atoms with Crippen LogP contribution >= 0.6 is 0 Å². The summed E-state index contributed by atoms with van der Waals surface area (Å²) in [5, 5.41) is 8.15. The van der Waals surface area contributed by atoms with E-state index < -0.39 is 11.9 Å². The van der Waals surface area contributed by atoms with Crippen molar-refractivity contribution in [1.82, 2.24) is 0 Å². The first-order valence-electron chi connectivity index (χ1n) is 3.70. The van der Waals surface area contributed by atoms with Crippen LogP contribution in [0, 0.1) is 24.4 Å². The molecule has 14 heavy (non-hydrogen) atoms. The van der Waals surface area contributed by atoms with Gasteiger partial charge in [0.05, 0.1) is 0 Å². The summed E-state index contributed by atoms with van der Waals surface area (Å²) >= 11 is 0. The number of ether oxygens (including phenoxy) is 1. The maximum Gasteiger partial charge on any atom is 0.344 e. The maximum absolute atomic E-state index is 10.7. The molecule has 0 saturated carbocycles. The highest BCUT2D eigenvalue weighted by atomic mass is 16.5. The van der Waals surface area contributed by atoms with E-state index in [1.54, 1.807) is 0 Å². The number of carboxylic acids is 1. The van der Waals surface area contributed by atoms with Gasteiger partial charge in [-0.1, -0.05) is 5.92 Å². The minimum atomic E-state index is -1.22. The first-order chi connectivity index (χ1) is 6.66. The van der Waals surface area contributed by atoms with Gasteiger partial charge in [-0.15, -0.1) is 12.3 Å². The van der Waals surface area contributed by atoms with Crippen LogP contribution in [0.15, 0.2) is 12.2 Å². The van der Waals surface area contributed by atoms with Gasteiger partial charge in [0.25, 0.3) is 0 Å². The van der Waals surface area contributed by atoms with Crippen LogP contribution in [0.2, 0.25) is 0 Å². The summed E-state index contributed by atoms with van der Waals surface area (Å²) in [5.41, 5.74) is 0. The monoisotopic (exact) mass is 192 g/mol. The van der Waals surface area contributed by atoms with Crippen LogP contribution in [-0.4, -0.2) is 17.0 Å². The molecule has 0 bridgehead atoms. The lowest BCUT2D eigenvalue weighted by Crippen LogP contribution is -1.96. The summed E-state index contributed by atoms with van der Waals surface area (Å²) in [6.07, 6.45) is 9.42. The van der Waals surface area contributed by atoms with E-state index in [9.17, 15) is 9.59 Å². The Morgan fingerprint density at radius 2 is 2.07 bits per heavy atom. The summed E-state index contributed by atoms with van der Waals surface area (Å²) in [6, 6.07) is 0. The smallest absolute Gasteiger partial charge is 0.344 e. The van der Waals surface area contributed by atoms with E-state index in [1.807, 2.05) is 0 Å². The lowest BCUT2D eigenvalue weighted by atomic mass is 10.3. The van der Waals surface area contributed by atoms with E-state index in [1.165, 1.54) is 0 Å². The molecular weight excluding hydrogens is 184 g/mol. The zero-order valence-electron chi connectivity index (χ0n) is 7.32. The van der Waals surface area contributed by atoms with Crippen LogP contribution in [-0.2, 0) is 14.3 Å². The molecule has 0 radical (unpaired) electrons. The molecule has 0 unspecified atom stereocenters. The van der Waals surface area contributed by atoms with Crippen molar-refractivity contribution >= 4 is 11.9 Å². The molecule has 0 rings (SSSR count). The Bertz CT molecular complexity index is 335. The predicted octanol–water partition coefficient (Wildman–Crippen LogP) is 0.545. The number of unbranched alkanes of at least 4 members (excludes halogenated alkanes) is 1. The lowest BCUT2D eigenvalue weighted by molar-refractivity contribution is -0.134. The molecule has 0 aliphatic rings. The highest BCUT2D eigenvalue weighted by molar-refractivity contribution is 5.91.